The molecule has 150 valence electrons. The minimum Gasteiger partial charge on any atom is -0.344 e. The summed E-state index contributed by atoms with van der Waals surface area (Å²) < 4.78 is 3.34. The fourth-order valence-electron chi connectivity index (χ4n) is 2.96. The fourth-order valence-corrected chi connectivity index (χ4v) is 2.96. The minimum atomic E-state index is -0.814. The number of aromatic nitrogens is 4. The van der Waals surface area contributed by atoms with Crippen molar-refractivity contribution >= 4 is 23.3 Å². The van der Waals surface area contributed by atoms with Gasteiger partial charge >= 0.3 is 11.8 Å². The smallest absolute Gasteiger partial charge is 0.313 e. The molecular formula is C20H22N6O3. The van der Waals surface area contributed by atoms with Crippen molar-refractivity contribution in [3.8, 4) is 0 Å². The second kappa shape index (κ2) is 8.09. The van der Waals surface area contributed by atoms with Crippen molar-refractivity contribution in [2.24, 2.45) is 14.1 Å². The number of aryl methyl sites for hydroxylation is 3. The van der Waals surface area contributed by atoms with E-state index in [1.54, 1.807) is 40.7 Å². The maximum Gasteiger partial charge on any atom is 0.313 e. The van der Waals surface area contributed by atoms with Crippen molar-refractivity contribution in [3.05, 3.63) is 65.0 Å². The Labute approximate surface area is 167 Å². The van der Waals surface area contributed by atoms with Crippen LogP contribution in [0.1, 0.15) is 33.1 Å². The predicted molar refractivity (Wildman–Crippen MR) is 106 cm³/mol. The highest BCUT2D eigenvalue weighted by Crippen LogP contribution is 2.14. The average Bonchev–Trinajstić information content (AvgIpc) is 3.22. The number of imidazole rings is 1. The third kappa shape index (κ3) is 4.23. The first kappa shape index (κ1) is 20.0. The third-order valence-corrected chi connectivity index (χ3v) is 4.70. The summed E-state index contributed by atoms with van der Waals surface area (Å²) in [4.78, 5) is 41.0. The zero-order chi connectivity index (χ0) is 21.1. The van der Waals surface area contributed by atoms with Gasteiger partial charge in [-0.2, -0.15) is 5.10 Å². The molecule has 0 saturated heterocycles. The molecule has 0 aliphatic carbocycles. The third-order valence-electron chi connectivity index (χ3n) is 4.70. The zero-order valence-electron chi connectivity index (χ0n) is 16.7. The van der Waals surface area contributed by atoms with Crippen LogP contribution in [0.5, 0.6) is 0 Å². The van der Waals surface area contributed by atoms with Crippen LogP contribution in [-0.4, -0.2) is 36.9 Å². The van der Waals surface area contributed by atoms with E-state index in [2.05, 4.69) is 20.7 Å². The Kier molecular flexibility index (Phi) is 5.58. The summed E-state index contributed by atoms with van der Waals surface area (Å²) in [6.45, 7) is 3.94. The van der Waals surface area contributed by atoms with Crippen molar-refractivity contribution in [1.29, 1.82) is 0 Å². The van der Waals surface area contributed by atoms with Crippen molar-refractivity contribution in [3.63, 3.8) is 0 Å². The maximum atomic E-state index is 12.5. The van der Waals surface area contributed by atoms with Gasteiger partial charge in [-0.25, -0.2) is 4.98 Å². The summed E-state index contributed by atoms with van der Waals surface area (Å²) in [5, 5.41) is 9.39. The molecular weight excluding hydrogens is 372 g/mol. The lowest BCUT2D eigenvalue weighted by atomic mass is 10.1. The Morgan fingerprint density at radius 2 is 1.86 bits per heavy atom. The van der Waals surface area contributed by atoms with E-state index in [1.807, 2.05) is 20.9 Å². The number of rotatable bonds is 5. The van der Waals surface area contributed by atoms with Gasteiger partial charge in [0.05, 0.1) is 5.69 Å². The fraction of sp³-hybridized carbons (Fsp3) is 0.250. The lowest BCUT2D eigenvalue weighted by Gasteiger charge is -2.08. The molecule has 9 nitrogen and oxygen atoms in total. The molecule has 9 heteroatoms. The van der Waals surface area contributed by atoms with Crippen molar-refractivity contribution in [1.82, 2.24) is 24.6 Å². The molecule has 2 aromatic heterocycles. The summed E-state index contributed by atoms with van der Waals surface area (Å²) in [6.07, 6.45) is 3.21. The second-order valence-corrected chi connectivity index (χ2v) is 6.68. The lowest BCUT2D eigenvalue weighted by Crippen LogP contribution is -2.35. The van der Waals surface area contributed by atoms with E-state index in [9.17, 15) is 14.4 Å². The van der Waals surface area contributed by atoms with Crippen LogP contribution in [0.4, 0.5) is 5.69 Å². The molecule has 0 bridgehead atoms. The highest BCUT2D eigenvalue weighted by Gasteiger charge is 2.18. The molecule has 3 rings (SSSR count). The van der Waals surface area contributed by atoms with Crippen LogP contribution in [0.15, 0.2) is 36.7 Å². The van der Waals surface area contributed by atoms with Crippen LogP contribution in [0, 0.1) is 13.8 Å². The lowest BCUT2D eigenvalue weighted by molar-refractivity contribution is -0.136. The number of benzene rings is 1. The van der Waals surface area contributed by atoms with E-state index in [4.69, 9.17) is 0 Å². The number of nitrogens with one attached hydrogen (secondary N) is 2. The molecule has 0 aliphatic rings. The predicted octanol–water partition coefficient (Wildman–Crippen LogP) is 1.26. The minimum absolute atomic E-state index is 0.204. The Hall–Kier alpha value is -3.75. The number of amides is 2. The average molecular weight is 394 g/mol. The first-order chi connectivity index (χ1) is 13.8. The normalized spacial score (nSPS) is 10.6. The van der Waals surface area contributed by atoms with Gasteiger partial charge in [0.2, 0.25) is 5.78 Å². The van der Waals surface area contributed by atoms with Crippen LogP contribution in [-0.2, 0) is 30.2 Å². The molecule has 2 amide bonds. The largest absolute Gasteiger partial charge is 0.344 e. The molecule has 0 fully saturated rings. The summed E-state index contributed by atoms with van der Waals surface area (Å²) in [6, 6.07) is 6.38. The molecule has 3 aromatic rings. The van der Waals surface area contributed by atoms with E-state index >= 15 is 0 Å². The van der Waals surface area contributed by atoms with Crippen LogP contribution in [0.3, 0.4) is 0 Å². The Balaban J connectivity index is 1.65. The molecule has 0 atom stereocenters. The number of nitrogens with zero attached hydrogens (tertiary/aromatic N) is 4. The van der Waals surface area contributed by atoms with Gasteiger partial charge in [0.1, 0.15) is 0 Å². The van der Waals surface area contributed by atoms with Gasteiger partial charge in [0.15, 0.2) is 5.82 Å². The summed E-state index contributed by atoms with van der Waals surface area (Å²) in [7, 11) is 3.54. The van der Waals surface area contributed by atoms with Crippen LogP contribution < -0.4 is 10.6 Å². The first-order valence-electron chi connectivity index (χ1n) is 8.98. The van der Waals surface area contributed by atoms with E-state index in [0.717, 1.165) is 17.0 Å². The number of carbonyl (C=O) groups is 3. The molecule has 0 aliphatic heterocycles. The molecule has 0 spiro atoms. The van der Waals surface area contributed by atoms with Gasteiger partial charge in [-0.15, -0.1) is 0 Å². The standard InChI is InChI=1S/C20H22N6O3/c1-12-16(13(2)26(4)24-12)11-22-19(28)20(29)23-15-7-5-6-14(10-15)17(27)18-21-8-9-25(18)3/h5-10H,11H2,1-4H3,(H,22,28)(H,23,29). The van der Waals surface area contributed by atoms with Gasteiger partial charge in [-0.05, 0) is 26.0 Å². The molecule has 2 N–H and O–H groups in total. The molecule has 29 heavy (non-hydrogen) atoms. The van der Waals surface area contributed by atoms with E-state index in [0.29, 0.717) is 11.3 Å². The van der Waals surface area contributed by atoms with Crippen LogP contribution in [0.2, 0.25) is 0 Å². The van der Waals surface area contributed by atoms with Gasteiger partial charge in [-0.3, -0.25) is 19.1 Å². The maximum absolute atomic E-state index is 12.5. The zero-order valence-corrected chi connectivity index (χ0v) is 16.7. The summed E-state index contributed by atoms with van der Waals surface area (Å²) in [5.74, 6) is -1.58. The number of carbonyl (C=O) groups excluding carboxylic acids is 3. The van der Waals surface area contributed by atoms with Crippen LogP contribution in [0.25, 0.3) is 0 Å². The van der Waals surface area contributed by atoms with Crippen molar-refractivity contribution < 1.29 is 14.4 Å². The van der Waals surface area contributed by atoms with Crippen molar-refractivity contribution in [2.45, 2.75) is 20.4 Å². The first-order valence-corrected chi connectivity index (χ1v) is 8.98. The van der Waals surface area contributed by atoms with Gasteiger partial charge in [0.25, 0.3) is 0 Å². The van der Waals surface area contributed by atoms with Gasteiger partial charge < -0.3 is 15.2 Å². The highest BCUT2D eigenvalue weighted by atomic mass is 16.2. The van der Waals surface area contributed by atoms with Crippen molar-refractivity contribution in [2.75, 3.05) is 5.32 Å². The Morgan fingerprint density at radius 3 is 2.48 bits per heavy atom. The summed E-state index contributed by atoms with van der Waals surface area (Å²) >= 11 is 0. The molecule has 1 aromatic carbocycles. The topological polar surface area (TPSA) is 111 Å². The second-order valence-electron chi connectivity index (χ2n) is 6.68. The Bertz CT molecular complexity index is 1100. The van der Waals surface area contributed by atoms with Gasteiger partial charge in [0, 0.05) is 55.5 Å². The number of ketones is 1. The van der Waals surface area contributed by atoms with E-state index in [-0.39, 0.29) is 18.2 Å². The molecule has 0 radical (unpaired) electrons. The SMILES string of the molecule is Cc1nn(C)c(C)c1CNC(=O)C(=O)Nc1cccc(C(=O)c2nccn2C)c1. The number of anilines is 1. The molecule has 2 heterocycles. The molecule has 0 saturated carbocycles. The Morgan fingerprint density at radius 1 is 1.10 bits per heavy atom. The number of hydrogen-bond donors (Lipinski definition) is 2. The number of hydrogen-bond acceptors (Lipinski definition) is 5. The monoisotopic (exact) mass is 394 g/mol. The highest BCUT2D eigenvalue weighted by molar-refractivity contribution is 6.39. The van der Waals surface area contributed by atoms with E-state index < -0.39 is 11.8 Å². The summed E-state index contributed by atoms with van der Waals surface area (Å²) in [5.41, 5.74) is 3.30. The quantitative estimate of drug-likeness (QED) is 0.500. The van der Waals surface area contributed by atoms with Gasteiger partial charge in [-0.1, -0.05) is 12.1 Å². The molecule has 0 unspecified atom stereocenters. The van der Waals surface area contributed by atoms with E-state index in [1.165, 1.54) is 12.3 Å². The van der Waals surface area contributed by atoms with Crippen LogP contribution >= 0.6 is 0 Å².